The van der Waals surface area contributed by atoms with Gasteiger partial charge >= 0.3 is 0 Å². The van der Waals surface area contributed by atoms with Gasteiger partial charge in [0.1, 0.15) is 19.5 Å². The Bertz CT molecular complexity index is 767. The zero-order chi connectivity index (χ0) is 15.5. The highest BCUT2D eigenvalue weighted by Crippen LogP contribution is 2.32. The molecule has 1 aliphatic rings. The summed E-state index contributed by atoms with van der Waals surface area (Å²) in [5, 5.41) is 2.63. The molecule has 0 atom stereocenters. The molecule has 0 bridgehead atoms. The number of carbonyl (C=O) groups is 1. The monoisotopic (exact) mass is 303 g/mol. The first kappa shape index (κ1) is 14.0. The largest absolute Gasteiger partial charge is 0.490 e. The Labute approximate surface area is 125 Å². The molecular weight excluding hydrogens is 290 g/mol. The Kier molecular flexibility index (Phi) is 3.69. The molecular formula is C15H13NO6. The number of carbonyl (C=O) groups excluding carboxylic acids is 1. The van der Waals surface area contributed by atoms with Gasteiger partial charge in [0, 0.05) is 17.8 Å². The molecule has 0 unspecified atom stereocenters. The molecule has 0 radical (unpaired) electrons. The van der Waals surface area contributed by atoms with E-state index in [1.807, 2.05) is 0 Å². The highest BCUT2D eigenvalue weighted by Gasteiger charge is 2.15. The number of methoxy groups -OCH3 is 1. The standard InChI is InChI=1S/C15H13NO6/c1-19-14-8-22-13(7-10(14)17)15(18)16-9-2-3-11-12(6-9)21-5-4-20-11/h2-3,6-8H,4-5H2,1H3,(H,16,18). The molecule has 0 aliphatic carbocycles. The molecule has 1 N–H and O–H groups in total. The predicted molar refractivity (Wildman–Crippen MR) is 76.9 cm³/mol. The fourth-order valence-corrected chi connectivity index (χ4v) is 1.98. The molecule has 3 rings (SSSR count). The molecule has 1 amide bonds. The molecule has 7 nitrogen and oxygen atoms in total. The first-order chi connectivity index (χ1) is 10.7. The van der Waals surface area contributed by atoms with Crippen LogP contribution >= 0.6 is 0 Å². The number of rotatable bonds is 3. The first-order valence-corrected chi connectivity index (χ1v) is 6.55. The van der Waals surface area contributed by atoms with Gasteiger partial charge in [0.2, 0.25) is 11.2 Å². The smallest absolute Gasteiger partial charge is 0.291 e. The van der Waals surface area contributed by atoms with Crippen molar-refractivity contribution >= 4 is 11.6 Å². The number of fused-ring (bicyclic) bond motifs is 1. The van der Waals surface area contributed by atoms with Crippen LogP contribution in [0, 0.1) is 0 Å². The van der Waals surface area contributed by atoms with Gasteiger partial charge in [-0.05, 0) is 12.1 Å². The number of nitrogens with one attached hydrogen (secondary N) is 1. The van der Waals surface area contributed by atoms with Crippen LogP contribution in [-0.4, -0.2) is 26.2 Å². The molecule has 0 saturated carbocycles. The highest BCUT2D eigenvalue weighted by molar-refractivity contribution is 6.02. The third-order valence-corrected chi connectivity index (χ3v) is 3.04. The van der Waals surface area contributed by atoms with Gasteiger partial charge in [0.25, 0.3) is 5.91 Å². The third kappa shape index (κ3) is 2.73. The van der Waals surface area contributed by atoms with E-state index >= 15 is 0 Å². The molecule has 0 fully saturated rings. The molecule has 1 aromatic heterocycles. The van der Waals surface area contributed by atoms with Crippen molar-refractivity contribution in [1.82, 2.24) is 0 Å². The molecule has 0 spiro atoms. The van der Waals surface area contributed by atoms with E-state index in [2.05, 4.69) is 5.32 Å². The molecule has 114 valence electrons. The number of anilines is 1. The van der Waals surface area contributed by atoms with E-state index in [4.69, 9.17) is 18.6 Å². The topological polar surface area (TPSA) is 87.0 Å². The predicted octanol–water partition coefficient (Wildman–Crippen LogP) is 1.67. The van der Waals surface area contributed by atoms with E-state index in [1.165, 1.54) is 7.11 Å². The van der Waals surface area contributed by atoms with Gasteiger partial charge < -0.3 is 23.9 Å². The van der Waals surface area contributed by atoms with E-state index in [0.717, 1.165) is 12.3 Å². The van der Waals surface area contributed by atoms with Crippen LogP contribution < -0.4 is 25.0 Å². The van der Waals surface area contributed by atoms with Crippen LogP contribution in [-0.2, 0) is 0 Å². The van der Waals surface area contributed by atoms with E-state index in [1.54, 1.807) is 18.2 Å². The van der Waals surface area contributed by atoms with Crippen molar-refractivity contribution in [1.29, 1.82) is 0 Å². The molecule has 0 saturated heterocycles. The lowest BCUT2D eigenvalue weighted by Crippen LogP contribution is -2.17. The van der Waals surface area contributed by atoms with Gasteiger partial charge in [-0.25, -0.2) is 0 Å². The summed E-state index contributed by atoms with van der Waals surface area (Å²) in [6.07, 6.45) is 1.10. The maximum atomic E-state index is 12.1. The van der Waals surface area contributed by atoms with Gasteiger partial charge in [-0.1, -0.05) is 0 Å². The van der Waals surface area contributed by atoms with Crippen LogP contribution in [0.3, 0.4) is 0 Å². The fraction of sp³-hybridized carbons (Fsp3) is 0.200. The number of hydrogen-bond donors (Lipinski definition) is 1. The van der Waals surface area contributed by atoms with Crippen molar-refractivity contribution in [2.45, 2.75) is 0 Å². The van der Waals surface area contributed by atoms with E-state index in [0.29, 0.717) is 30.4 Å². The number of ether oxygens (including phenoxy) is 3. The summed E-state index contributed by atoms with van der Waals surface area (Å²) in [4.78, 5) is 23.7. The van der Waals surface area contributed by atoms with Gasteiger partial charge in [0.05, 0.1) is 7.11 Å². The summed E-state index contributed by atoms with van der Waals surface area (Å²) < 4.78 is 20.7. The minimum atomic E-state index is -0.545. The van der Waals surface area contributed by atoms with Crippen molar-refractivity contribution in [3.63, 3.8) is 0 Å². The lowest BCUT2D eigenvalue weighted by Gasteiger charge is -2.18. The van der Waals surface area contributed by atoms with E-state index < -0.39 is 11.3 Å². The Morgan fingerprint density at radius 1 is 1.18 bits per heavy atom. The summed E-state index contributed by atoms with van der Waals surface area (Å²) in [5.74, 6) is 0.563. The fourth-order valence-electron chi connectivity index (χ4n) is 1.98. The van der Waals surface area contributed by atoms with Gasteiger partial charge in [-0.15, -0.1) is 0 Å². The molecule has 7 heteroatoms. The summed E-state index contributed by atoms with van der Waals surface area (Å²) in [6.45, 7) is 0.952. The SMILES string of the molecule is COc1coc(C(=O)Nc2ccc3c(c2)OCCO3)cc1=O. The zero-order valence-electron chi connectivity index (χ0n) is 11.8. The maximum absolute atomic E-state index is 12.1. The average Bonchev–Trinajstić information content (AvgIpc) is 2.54. The second-order valence-corrected chi connectivity index (χ2v) is 4.49. The Hall–Kier alpha value is -2.96. The van der Waals surface area contributed by atoms with Crippen LogP contribution in [0.5, 0.6) is 17.2 Å². The Balaban J connectivity index is 1.79. The Morgan fingerprint density at radius 2 is 1.95 bits per heavy atom. The lowest BCUT2D eigenvalue weighted by molar-refractivity contribution is 0.0993. The summed E-state index contributed by atoms with van der Waals surface area (Å²) in [5.41, 5.74) is 0.0776. The van der Waals surface area contributed by atoms with Crippen LogP contribution in [0.4, 0.5) is 5.69 Å². The van der Waals surface area contributed by atoms with Crippen molar-refractivity contribution < 1.29 is 23.4 Å². The van der Waals surface area contributed by atoms with Gasteiger partial charge in [-0.2, -0.15) is 0 Å². The van der Waals surface area contributed by atoms with E-state index in [-0.39, 0.29) is 11.5 Å². The number of hydrogen-bond acceptors (Lipinski definition) is 6. The van der Waals surface area contributed by atoms with Crippen LogP contribution in [0.15, 0.2) is 39.7 Å². The number of amides is 1. The Morgan fingerprint density at radius 3 is 2.68 bits per heavy atom. The quantitative estimate of drug-likeness (QED) is 0.928. The number of benzene rings is 1. The molecule has 2 aromatic rings. The zero-order valence-corrected chi connectivity index (χ0v) is 11.8. The minimum absolute atomic E-state index is 0.0379. The van der Waals surface area contributed by atoms with Crippen LogP contribution in [0.25, 0.3) is 0 Å². The highest BCUT2D eigenvalue weighted by atomic mass is 16.6. The van der Waals surface area contributed by atoms with Crippen LogP contribution in [0.2, 0.25) is 0 Å². The van der Waals surface area contributed by atoms with Crippen molar-refractivity contribution in [2.75, 3.05) is 25.6 Å². The van der Waals surface area contributed by atoms with Crippen molar-refractivity contribution in [3.8, 4) is 17.2 Å². The first-order valence-electron chi connectivity index (χ1n) is 6.55. The van der Waals surface area contributed by atoms with Crippen molar-refractivity contribution in [2.24, 2.45) is 0 Å². The second kappa shape index (κ2) is 5.80. The maximum Gasteiger partial charge on any atom is 0.291 e. The van der Waals surface area contributed by atoms with E-state index in [9.17, 15) is 9.59 Å². The van der Waals surface area contributed by atoms with Gasteiger partial charge in [-0.3, -0.25) is 9.59 Å². The normalized spacial score (nSPS) is 12.6. The molecule has 1 aromatic carbocycles. The molecule has 1 aliphatic heterocycles. The molecule has 2 heterocycles. The summed E-state index contributed by atoms with van der Waals surface area (Å²) in [6, 6.07) is 6.10. The summed E-state index contributed by atoms with van der Waals surface area (Å²) >= 11 is 0. The lowest BCUT2D eigenvalue weighted by atomic mass is 10.2. The molecule has 22 heavy (non-hydrogen) atoms. The van der Waals surface area contributed by atoms with Gasteiger partial charge in [0.15, 0.2) is 17.3 Å². The minimum Gasteiger partial charge on any atom is -0.490 e. The average molecular weight is 303 g/mol. The third-order valence-electron chi connectivity index (χ3n) is 3.04. The summed E-state index contributed by atoms with van der Waals surface area (Å²) in [7, 11) is 1.35. The van der Waals surface area contributed by atoms with Crippen molar-refractivity contribution in [3.05, 3.63) is 46.5 Å². The van der Waals surface area contributed by atoms with Crippen LogP contribution in [0.1, 0.15) is 10.6 Å². The second-order valence-electron chi connectivity index (χ2n) is 4.49.